The van der Waals surface area contributed by atoms with Crippen molar-refractivity contribution in [2.75, 3.05) is 20.3 Å². The van der Waals surface area contributed by atoms with E-state index in [2.05, 4.69) is 13.0 Å². The summed E-state index contributed by atoms with van der Waals surface area (Å²) in [6.07, 6.45) is 3.14. The second-order valence-electron chi connectivity index (χ2n) is 6.32. The number of nitrogens with zero attached hydrogens (tertiary/aromatic N) is 1. The zero-order chi connectivity index (χ0) is 14.4. The van der Waals surface area contributed by atoms with Crippen LogP contribution in [0, 0.1) is 34.5 Å². The molecule has 0 aromatic rings. The minimum absolute atomic E-state index is 0.191. The van der Waals surface area contributed by atoms with E-state index in [1.807, 2.05) is 0 Å². The summed E-state index contributed by atoms with van der Waals surface area (Å²) < 4.78 is 16.8. The van der Waals surface area contributed by atoms with E-state index >= 15 is 0 Å². The number of rotatable bonds is 1. The van der Waals surface area contributed by atoms with Gasteiger partial charge in [0.05, 0.1) is 37.7 Å². The molecule has 0 aromatic heterocycles. The number of nitriles is 1. The third-order valence-corrected chi connectivity index (χ3v) is 5.48. The van der Waals surface area contributed by atoms with Crippen molar-refractivity contribution < 1.29 is 19.0 Å². The van der Waals surface area contributed by atoms with Crippen LogP contribution in [-0.4, -0.2) is 32.1 Å². The molecule has 1 spiro atoms. The first kappa shape index (κ1) is 13.8. The van der Waals surface area contributed by atoms with Crippen molar-refractivity contribution >= 4 is 5.97 Å². The summed E-state index contributed by atoms with van der Waals surface area (Å²) in [7, 11) is 1.41. The van der Waals surface area contributed by atoms with Crippen molar-refractivity contribution in [1.82, 2.24) is 0 Å². The lowest BCUT2D eigenvalue weighted by Crippen LogP contribution is -2.52. The van der Waals surface area contributed by atoms with Gasteiger partial charge in [0, 0.05) is 12.3 Å². The van der Waals surface area contributed by atoms with Gasteiger partial charge < -0.3 is 14.2 Å². The number of carbonyl (C=O) groups is 1. The Bertz CT molecular complexity index is 451. The van der Waals surface area contributed by atoms with Crippen LogP contribution in [-0.2, 0) is 19.0 Å². The van der Waals surface area contributed by atoms with E-state index < -0.39 is 11.2 Å². The first-order chi connectivity index (χ1) is 9.58. The van der Waals surface area contributed by atoms with E-state index in [9.17, 15) is 10.1 Å². The maximum Gasteiger partial charge on any atom is 0.309 e. The molecule has 2 saturated carbocycles. The third kappa shape index (κ3) is 1.71. The molecule has 0 aromatic carbocycles. The summed E-state index contributed by atoms with van der Waals surface area (Å²) in [5, 5.41) is 9.74. The molecule has 2 aliphatic carbocycles. The fraction of sp³-hybridized carbons (Fsp3) is 0.867. The van der Waals surface area contributed by atoms with E-state index in [1.54, 1.807) is 0 Å². The fourth-order valence-electron chi connectivity index (χ4n) is 4.50. The summed E-state index contributed by atoms with van der Waals surface area (Å²) in [5.41, 5.74) is -0.504. The molecule has 1 saturated heterocycles. The summed E-state index contributed by atoms with van der Waals surface area (Å²) in [5.74, 6) is -1.31. The van der Waals surface area contributed by atoms with Crippen LogP contribution in [0.1, 0.15) is 32.6 Å². The van der Waals surface area contributed by atoms with Crippen molar-refractivity contribution in [2.45, 2.75) is 38.4 Å². The number of hydrogen-bond acceptors (Lipinski definition) is 5. The van der Waals surface area contributed by atoms with Gasteiger partial charge in [0.2, 0.25) is 0 Å². The van der Waals surface area contributed by atoms with Crippen LogP contribution in [0.3, 0.4) is 0 Å². The molecule has 0 unspecified atom stereocenters. The summed E-state index contributed by atoms with van der Waals surface area (Å²) in [6.45, 7) is 3.14. The number of fused-ring (bicyclic) bond motifs is 2. The molecule has 3 fully saturated rings. The highest BCUT2D eigenvalue weighted by Crippen LogP contribution is 2.62. The quantitative estimate of drug-likeness (QED) is 0.685. The van der Waals surface area contributed by atoms with Crippen LogP contribution < -0.4 is 0 Å². The summed E-state index contributed by atoms with van der Waals surface area (Å²) in [4.78, 5) is 12.3. The molecule has 0 bridgehead atoms. The van der Waals surface area contributed by atoms with E-state index in [0.717, 1.165) is 19.3 Å². The van der Waals surface area contributed by atoms with E-state index in [1.165, 1.54) is 7.11 Å². The maximum absolute atomic E-state index is 12.3. The lowest BCUT2D eigenvalue weighted by atomic mass is 9.59. The standard InChI is InChI=1S/C15H21NO4/c1-10-3-4-14(9-16)5-6-15(19-7-8-20-15)12(14)11(10)13(17)18-2/h10-12H,3-8H2,1-2H3/t10-,11-,12+,14+/m1/s1. The van der Waals surface area contributed by atoms with Gasteiger partial charge in [-0.1, -0.05) is 6.92 Å². The number of ether oxygens (including phenoxy) is 3. The Kier molecular flexibility index (Phi) is 3.26. The van der Waals surface area contributed by atoms with Gasteiger partial charge in [0.1, 0.15) is 0 Å². The van der Waals surface area contributed by atoms with Crippen LogP contribution in [0.4, 0.5) is 0 Å². The minimum Gasteiger partial charge on any atom is -0.469 e. The Morgan fingerprint density at radius 3 is 2.60 bits per heavy atom. The summed E-state index contributed by atoms with van der Waals surface area (Å²) >= 11 is 0. The molecule has 1 heterocycles. The van der Waals surface area contributed by atoms with Gasteiger partial charge in [-0.2, -0.15) is 5.26 Å². The third-order valence-electron chi connectivity index (χ3n) is 5.48. The lowest BCUT2D eigenvalue weighted by Gasteiger charge is -2.46. The molecule has 0 amide bonds. The van der Waals surface area contributed by atoms with Crippen LogP contribution in [0.25, 0.3) is 0 Å². The van der Waals surface area contributed by atoms with Crippen LogP contribution in [0.2, 0.25) is 0 Å². The van der Waals surface area contributed by atoms with Crippen molar-refractivity contribution in [2.24, 2.45) is 23.2 Å². The molecule has 20 heavy (non-hydrogen) atoms. The predicted octanol–water partition coefficient (Wildman–Crippen LogP) is 1.87. The first-order valence-corrected chi connectivity index (χ1v) is 7.35. The largest absolute Gasteiger partial charge is 0.469 e. The van der Waals surface area contributed by atoms with Crippen LogP contribution in [0.5, 0.6) is 0 Å². The van der Waals surface area contributed by atoms with Crippen LogP contribution in [0.15, 0.2) is 0 Å². The van der Waals surface area contributed by atoms with Gasteiger partial charge in [-0.15, -0.1) is 0 Å². The SMILES string of the molecule is COC(=O)[C@@H]1[C@H](C)CC[C@@]2(C#N)CCC3(OCCO3)[C@@H]12. The smallest absolute Gasteiger partial charge is 0.309 e. The topological polar surface area (TPSA) is 68.6 Å². The van der Waals surface area contributed by atoms with Gasteiger partial charge in [-0.25, -0.2) is 0 Å². The van der Waals surface area contributed by atoms with Crippen molar-refractivity contribution in [3.63, 3.8) is 0 Å². The monoisotopic (exact) mass is 279 g/mol. The number of hydrogen-bond donors (Lipinski definition) is 0. The van der Waals surface area contributed by atoms with Crippen molar-refractivity contribution in [1.29, 1.82) is 5.26 Å². The fourth-order valence-corrected chi connectivity index (χ4v) is 4.50. The minimum atomic E-state index is -0.747. The first-order valence-electron chi connectivity index (χ1n) is 7.35. The molecule has 1 aliphatic heterocycles. The number of esters is 1. The molecule has 0 N–H and O–H groups in total. The second-order valence-corrected chi connectivity index (χ2v) is 6.32. The Balaban J connectivity index is 2.04. The summed E-state index contributed by atoms with van der Waals surface area (Å²) in [6, 6.07) is 2.49. The van der Waals surface area contributed by atoms with E-state index in [0.29, 0.717) is 19.6 Å². The molecule has 5 nitrogen and oxygen atoms in total. The Morgan fingerprint density at radius 1 is 1.30 bits per heavy atom. The maximum atomic E-state index is 12.3. The van der Waals surface area contributed by atoms with Gasteiger partial charge in [0.15, 0.2) is 5.79 Å². The van der Waals surface area contributed by atoms with Crippen molar-refractivity contribution in [3.05, 3.63) is 0 Å². The molecular weight excluding hydrogens is 258 g/mol. The highest BCUT2D eigenvalue weighted by Gasteiger charge is 2.67. The normalized spacial score (nSPS) is 42.1. The average Bonchev–Trinajstić information content (AvgIpc) is 3.06. The molecule has 4 atom stereocenters. The van der Waals surface area contributed by atoms with Gasteiger partial charge in [-0.05, 0) is 25.2 Å². The lowest BCUT2D eigenvalue weighted by molar-refractivity contribution is -0.219. The van der Waals surface area contributed by atoms with Crippen molar-refractivity contribution in [3.8, 4) is 6.07 Å². The second kappa shape index (κ2) is 4.71. The van der Waals surface area contributed by atoms with Crippen LogP contribution >= 0.6 is 0 Å². The molecule has 3 rings (SSSR count). The zero-order valence-electron chi connectivity index (χ0n) is 12.1. The zero-order valence-corrected chi connectivity index (χ0v) is 12.1. The Morgan fingerprint density at radius 2 is 2.00 bits per heavy atom. The van der Waals surface area contributed by atoms with E-state index in [4.69, 9.17) is 14.2 Å². The van der Waals surface area contributed by atoms with Gasteiger partial charge in [-0.3, -0.25) is 4.79 Å². The molecular formula is C15H21NO4. The molecule has 0 radical (unpaired) electrons. The number of carbonyl (C=O) groups excluding carboxylic acids is 1. The predicted molar refractivity (Wildman–Crippen MR) is 69.3 cm³/mol. The Hall–Kier alpha value is -1.12. The number of methoxy groups -OCH3 is 1. The molecule has 3 aliphatic rings. The molecule has 110 valence electrons. The molecule has 5 heteroatoms. The van der Waals surface area contributed by atoms with Gasteiger partial charge >= 0.3 is 5.97 Å². The van der Waals surface area contributed by atoms with E-state index in [-0.39, 0.29) is 23.7 Å². The highest BCUT2D eigenvalue weighted by atomic mass is 16.7. The Labute approximate surface area is 119 Å². The highest BCUT2D eigenvalue weighted by molar-refractivity contribution is 5.73. The van der Waals surface area contributed by atoms with Gasteiger partial charge in [0.25, 0.3) is 0 Å². The average molecular weight is 279 g/mol.